The van der Waals surface area contributed by atoms with Crippen molar-refractivity contribution in [3.05, 3.63) is 106 Å². The lowest BCUT2D eigenvalue weighted by molar-refractivity contribution is 0.219. The molecule has 27 heavy (non-hydrogen) atoms. The number of aliphatic hydroxyl groups is 2. The zero-order valence-corrected chi connectivity index (χ0v) is 14.9. The average Bonchev–Trinajstić information content (AvgIpc) is 2.69. The van der Waals surface area contributed by atoms with Crippen LogP contribution in [0.25, 0.3) is 5.76 Å². The Morgan fingerprint density at radius 2 is 1.74 bits per heavy atom. The van der Waals surface area contributed by atoms with Crippen LogP contribution in [-0.2, 0) is 0 Å². The Morgan fingerprint density at radius 1 is 1.04 bits per heavy atom. The maximum atomic E-state index is 13.2. The van der Waals surface area contributed by atoms with E-state index < -0.39 is 11.9 Å². The first-order valence-corrected chi connectivity index (χ1v) is 8.47. The van der Waals surface area contributed by atoms with Gasteiger partial charge in [0.25, 0.3) is 0 Å². The van der Waals surface area contributed by atoms with Crippen molar-refractivity contribution in [1.29, 1.82) is 5.41 Å². The molecule has 3 rings (SSSR count). The molecule has 0 saturated heterocycles. The number of aromatic nitrogens is 1. The van der Waals surface area contributed by atoms with Gasteiger partial charge in [0, 0.05) is 34.1 Å². The van der Waals surface area contributed by atoms with Crippen LogP contribution in [0, 0.1) is 11.2 Å². The predicted octanol–water partition coefficient (Wildman–Crippen LogP) is 4.94. The minimum atomic E-state index is -1.33. The molecule has 0 fully saturated rings. The molecule has 1 heterocycles. The highest BCUT2D eigenvalue weighted by Crippen LogP contribution is 2.32. The van der Waals surface area contributed by atoms with Gasteiger partial charge in [-0.25, -0.2) is 4.39 Å². The van der Waals surface area contributed by atoms with Crippen molar-refractivity contribution < 1.29 is 14.6 Å². The summed E-state index contributed by atoms with van der Waals surface area (Å²) in [5.41, 5.74) is 0.830. The van der Waals surface area contributed by atoms with Crippen LogP contribution in [0.15, 0.2) is 78.6 Å². The van der Waals surface area contributed by atoms with Gasteiger partial charge < -0.3 is 10.2 Å². The molecule has 136 valence electrons. The van der Waals surface area contributed by atoms with Gasteiger partial charge >= 0.3 is 0 Å². The number of aliphatic hydroxyl groups excluding tert-OH is 2. The Balaban J connectivity index is 2.17. The molecule has 1 unspecified atom stereocenters. The first kappa shape index (κ1) is 18.8. The third-order valence-electron chi connectivity index (χ3n) is 4.06. The van der Waals surface area contributed by atoms with Crippen molar-refractivity contribution in [3.8, 4) is 0 Å². The molecule has 2 aromatic carbocycles. The Labute approximate surface area is 160 Å². The summed E-state index contributed by atoms with van der Waals surface area (Å²) in [6.45, 7) is 0. The van der Waals surface area contributed by atoms with E-state index in [-0.39, 0.29) is 22.6 Å². The molecule has 0 spiro atoms. The van der Waals surface area contributed by atoms with Crippen molar-refractivity contribution in [2.24, 2.45) is 0 Å². The first-order chi connectivity index (χ1) is 13.0. The third kappa shape index (κ3) is 4.05. The fraction of sp³-hybridized carbons (Fsp3) is 0.0476. The summed E-state index contributed by atoms with van der Waals surface area (Å²) in [4.78, 5) is 3.97. The summed E-state index contributed by atoms with van der Waals surface area (Å²) in [6, 6.07) is 15.1. The molecule has 0 aliphatic heterocycles. The van der Waals surface area contributed by atoms with Crippen molar-refractivity contribution in [1.82, 2.24) is 4.98 Å². The van der Waals surface area contributed by atoms with E-state index in [0.29, 0.717) is 16.1 Å². The van der Waals surface area contributed by atoms with Gasteiger partial charge in [0.05, 0.1) is 11.3 Å². The number of nitrogens with zero attached hydrogens (tertiary/aromatic N) is 1. The highest BCUT2D eigenvalue weighted by atomic mass is 35.5. The summed E-state index contributed by atoms with van der Waals surface area (Å²) in [7, 11) is 0. The summed E-state index contributed by atoms with van der Waals surface area (Å²) in [6.07, 6.45) is 1.67. The van der Waals surface area contributed by atoms with Gasteiger partial charge in [0.1, 0.15) is 17.7 Å². The molecule has 3 aromatic rings. The van der Waals surface area contributed by atoms with Crippen molar-refractivity contribution in [3.63, 3.8) is 0 Å². The van der Waals surface area contributed by atoms with Crippen LogP contribution in [0.5, 0.6) is 0 Å². The normalized spacial score (nSPS) is 13.0. The van der Waals surface area contributed by atoms with E-state index in [4.69, 9.17) is 17.0 Å². The first-order valence-electron chi connectivity index (χ1n) is 8.10. The van der Waals surface area contributed by atoms with Crippen LogP contribution >= 0.6 is 11.6 Å². The molecule has 1 atom stereocenters. The van der Waals surface area contributed by atoms with Crippen LogP contribution < -0.4 is 0 Å². The van der Waals surface area contributed by atoms with Crippen LogP contribution in [-0.4, -0.2) is 20.9 Å². The highest BCUT2D eigenvalue weighted by molar-refractivity contribution is 6.35. The lowest BCUT2D eigenvalue weighted by atomic mass is 9.91. The summed E-state index contributed by atoms with van der Waals surface area (Å²) < 4.78 is 13.2. The van der Waals surface area contributed by atoms with Crippen LogP contribution in [0.2, 0.25) is 5.02 Å². The van der Waals surface area contributed by atoms with E-state index in [0.717, 1.165) is 0 Å². The molecule has 6 heteroatoms. The zero-order chi connectivity index (χ0) is 19.4. The van der Waals surface area contributed by atoms with Crippen molar-refractivity contribution in [2.45, 2.75) is 6.10 Å². The Morgan fingerprint density at radius 3 is 2.37 bits per heavy atom. The van der Waals surface area contributed by atoms with Crippen LogP contribution in [0.3, 0.4) is 0 Å². The number of benzene rings is 2. The van der Waals surface area contributed by atoms with E-state index in [1.165, 1.54) is 30.5 Å². The van der Waals surface area contributed by atoms with Gasteiger partial charge in [-0.05, 0) is 36.4 Å². The van der Waals surface area contributed by atoms with Gasteiger partial charge in [0.15, 0.2) is 0 Å². The largest absolute Gasteiger partial charge is 0.507 e. The van der Waals surface area contributed by atoms with Crippen LogP contribution in [0.1, 0.15) is 22.8 Å². The van der Waals surface area contributed by atoms with Crippen molar-refractivity contribution >= 4 is 23.1 Å². The third-order valence-corrected chi connectivity index (χ3v) is 4.39. The fourth-order valence-corrected chi connectivity index (χ4v) is 2.89. The molecular formula is C21H16ClFN2O2. The van der Waals surface area contributed by atoms with E-state index >= 15 is 0 Å². The molecule has 1 aromatic heterocycles. The molecular weight excluding hydrogens is 367 g/mol. The van der Waals surface area contributed by atoms with Gasteiger partial charge in [0.2, 0.25) is 0 Å². The minimum Gasteiger partial charge on any atom is -0.507 e. The number of halogens is 2. The number of hydrogen-bond donors (Lipinski definition) is 3. The fourth-order valence-electron chi connectivity index (χ4n) is 2.66. The number of rotatable bonds is 5. The van der Waals surface area contributed by atoms with Crippen molar-refractivity contribution in [2.75, 3.05) is 0 Å². The van der Waals surface area contributed by atoms with E-state index in [9.17, 15) is 14.6 Å². The maximum Gasteiger partial charge on any atom is 0.131 e. The summed E-state index contributed by atoms with van der Waals surface area (Å²) >= 11 is 6.20. The Hall–Kier alpha value is -3.02. The molecule has 0 radical (unpaired) electrons. The second-order valence-corrected chi connectivity index (χ2v) is 6.22. The number of hydrogen-bond acceptors (Lipinski definition) is 4. The van der Waals surface area contributed by atoms with E-state index in [2.05, 4.69) is 4.98 Å². The maximum absolute atomic E-state index is 13.2. The molecule has 0 saturated carbocycles. The minimum absolute atomic E-state index is 0.0530. The van der Waals surface area contributed by atoms with E-state index in [1.807, 2.05) is 0 Å². The zero-order valence-electron chi connectivity index (χ0n) is 14.1. The van der Waals surface area contributed by atoms with Gasteiger partial charge in [-0.2, -0.15) is 0 Å². The second-order valence-electron chi connectivity index (χ2n) is 5.81. The second kappa shape index (κ2) is 8.12. The monoisotopic (exact) mass is 382 g/mol. The van der Waals surface area contributed by atoms with Gasteiger partial charge in [-0.15, -0.1) is 0 Å². The predicted molar refractivity (Wildman–Crippen MR) is 103 cm³/mol. The molecule has 4 nitrogen and oxygen atoms in total. The van der Waals surface area contributed by atoms with Gasteiger partial charge in [-0.1, -0.05) is 35.9 Å². The SMILES string of the molecule is N=C(/C(=C(\O)c1ccc(F)cc1)C(O)c1cccnc1)c1ccccc1Cl. The summed E-state index contributed by atoms with van der Waals surface area (Å²) in [5, 5.41) is 30.6. The topological polar surface area (TPSA) is 77.2 Å². The number of nitrogens with one attached hydrogen (secondary N) is 1. The average molecular weight is 383 g/mol. The quantitative estimate of drug-likeness (QED) is 0.432. The Bertz CT molecular complexity index is 989. The smallest absolute Gasteiger partial charge is 0.131 e. The standard InChI is InChI=1S/C21H16ClFN2O2/c22-17-6-2-1-5-16(17)19(24)18(21(27)14-4-3-11-25-12-14)20(26)13-7-9-15(23)10-8-13/h1-12,21,24,26-27H/b20-18+,24-19?. The molecule has 0 aliphatic carbocycles. The molecule has 3 N–H and O–H groups in total. The molecule has 0 bridgehead atoms. The van der Waals surface area contributed by atoms with Gasteiger partial charge in [-0.3, -0.25) is 10.4 Å². The Kier molecular flexibility index (Phi) is 5.64. The number of pyridine rings is 1. The molecule has 0 aliphatic rings. The lowest BCUT2D eigenvalue weighted by Crippen LogP contribution is -2.15. The highest BCUT2D eigenvalue weighted by Gasteiger charge is 2.25. The lowest BCUT2D eigenvalue weighted by Gasteiger charge is -2.19. The molecule has 0 amide bonds. The summed E-state index contributed by atoms with van der Waals surface area (Å²) in [5.74, 6) is -0.793. The van der Waals surface area contributed by atoms with Crippen LogP contribution in [0.4, 0.5) is 4.39 Å². The van der Waals surface area contributed by atoms with E-state index in [1.54, 1.807) is 42.6 Å².